The van der Waals surface area contributed by atoms with Crippen LogP contribution >= 0.6 is 0 Å². The van der Waals surface area contributed by atoms with Crippen LogP contribution in [0.5, 0.6) is 0 Å². The van der Waals surface area contributed by atoms with E-state index in [1.54, 1.807) is 4.90 Å². The fraction of sp³-hybridized carbons (Fsp3) is 0.250. The van der Waals surface area contributed by atoms with Crippen LogP contribution in [0, 0.1) is 5.92 Å². The SMILES string of the molecule is C[C@@H](c1ccccc1)N1C[C@@H](C(=O)Nc2ccc(C(=O)[O-])cc2)CC1=O. The van der Waals surface area contributed by atoms with Gasteiger partial charge in [0.05, 0.1) is 17.9 Å². The zero-order chi connectivity index (χ0) is 18.7. The first-order chi connectivity index (χ1) is 12.5. The number of hydrogen-bond acceptors (Lipinski definition) is 4. The van der Waals surface area contributed by atoms with Crippen LogP contribution in [0.1, 0.15) is 35.3 Å². The number of nitrogens with zero attached hydrogens (tertiary/aromatic N) is 1. The van der Waals surface area contributed by atoms with E-state index in [9.17, 15) is 19.5 Å². The van der Waals surface area contributed by atoms with Crippen molar-refractivity contribution in [2.45, 2.75) is 19.4 Å². The van der Waals surface area contributed by atoms with E-state index < -0.39 is 11.9 Å². The van der Waals surface area contributed by atoms with Crippen LogP contribution < -0.4 is 10.4 Å². The molecule has 6 heteroatoms. The van der Waals surface area contributed by atoms with E-state index in [1.165, 1.54) is 24.3 Å². The number of anilines is 1. The maximum absolute atomic E-state index is 12.5. The van der Waals surface area contributed by atoms with Crippen molar-refractivity contribution in [2.24, 2.45) is 5.92 Å². The number of aromatic carboxylic acids is 1. The summed E-state index contributed by atoms with van der Waals surface area (Å²) in [7, 11) is 0. The Balaban J connectivity index is 1.64. The normalized spacial score (nSPS) is 17.8. The van der Waals surface area contributed by atoms with Crippen LogP contribution in [0.2, 0.25) is 0 Å². The van der Waals surface area contributed by atoms with Crippen molar-refractivity contribution < 1.29 is 19.5 Å². The Hall–Kier alpha value is -3.15. The largest absolute Gasteiger partial charge is 0.545 e. The second kappa shape index (κ2) is 7.39. The number of amides is 2. The molecule has 1 aliphatic heterocycles. The monoisotopic (exact) mass is 351 g/mol. The molecule has 1 heterocycles. The number of benzene rings is 2. The second-order valence-electron chi connectivity index (χ2n) is 6.39. The van der Waals surface area contributed by atoms with E-state index >= 15 is 0 Å². The highest BCUT2D eigenvalue weighted by atomic mass is 16.4. The van der Waals surface area contributed by atoms with Crippen molar-refractivity contribution >= 4 is 23.5 Å². The molecule has 0 aliphatic carbocycles. The molecule has 0 bridgehead atoms. The molecular weight excluding hydrogens is 332 g/mol. The van der Waals surface area contributed by atoms with Crippen molar-refractivity contribution in [3.63, 3.8) is 0 Å². The molecule has 0 spiro atoms. The molecule has 2 aromatic carbocycles. The minimum atomic E-state index is -1.27. The van der Waals surface area contributed by atoms with Crippen LogP contribution in [-0.4, -0.2) is 29.2 Å². The molecular formula is C20H19N2O4-. The predicted molar refractivity (Wildman–Crippen MR) is 94.1 cm³/mol. The maximum Gasteiger partial charge on any atom is 0.229 e. The minimum Gasteiger partial charge on any atom is -0.545 e. The van der Waals surface area contributed by atoms with E-state index in [-0.39, 0.29) is 29.8 Å². The lowest BCUT2D eigenvalue weighted by molar-refractivity contribution is -0.255. The third kappa shape index (κ3) is 3.74. The Kier molecular flexibility index (Phi) is 5.02. The van der Waals surface area contributed by atoms with Gasteiger partial charge < -0.3 is 20.1 Å². The van der Waals surface area contributed by atoms with Gasteiger partial charge in [-0.2, -0.15) is 0 Å². The highest BCUT2D eigenvalue weighted by Gasteiger charge is 2.36. The molecule has 1 fully saturated rings. The van der Waals surface area contributed by atoms with Crippen molar-refractivity contribution in [1.82, 2.24) is 4.90 Å². The molecule has 1 saturated heterocycles. The lowest BCUT2D eigenvalue weighted by Crippen LogP contribution is -2.30. The number of nitrogens with one attached hydrogen (secondary N) is 1. The summed E-state index contributed by atoms with van der Waals surface area (Å²) in [6, 6.07) is 15.3. The Morgan fingerprint density at radius 2 is 1.77 bits per heavy atom. The van der Waals surface area contributed by atoms with Gasteiger partial charge in [-0.3, -0.25) is 9.59 Å². The van der Waals surface area contributed by atoms with Gasteiger partial charge in [-0.1, -0.05) is 42.5 Å². The summed E-state index contributed by atoms with van der Waals surface area (Å²) >= 11 is 0. The first-order valence-corrected chi connectivity index (χ1v) is 8.42. The summed E-state index contributed by atoms with van der Waals surface area (Å²) in [6.45, 7) is 2.31. The van der Waals surface area contributed by atoms with Gasteiger partial charge in [0.25, 0.3) is 0 Å². The highest BCUT2D eigenvalue weighted by molar-refractivity contribution is 5.97. The third-order valence-corrected chi connectivity index (χ3v) is 4.67. The summed E-state index contributed by atoms with van der Waals surface area (Å²) in [5.41, 5.74) is 1.56. The molecule has 0 unspecified atom stereocenters. The van der Waals surface area contributed by atoms with Crippen molar-refractivity contribution in [1.29, 1.82) is 0 Å². The Labute approximate surface area is 151 Å². The van der Waals surface area contributed by atoms with Gasteiger partial charge in [0.15, 0.2) is 0 Å². The van der Waals surface area contributed by atoms with E-state index in [1.807, 2.05) is 37.3 Å². The van der Waals surface area contributed by atoms with Crippen molar-refractivity contribution in [3.05, 3.63) is 65.7 Å². The first kappa shape index (κ1) is 17.7. The second-order valence-corrected chi connectivity index (χ2v) is 6.39. The Bertz CT molecular complexity index is 817. The zero-order valence-electron chi connectivity index (χ0n) is 14.3. The molecule has 1 aliphatic rings. The topological polar surface area (TPSA) is 89.5 Å². The summed E-state index contributed by atoms with van der Waals surface area (Å²) in [5, 5.41) is 13.5. The number of carboxylic acids is 1. The lowest BCUT2D eigenvalue weighted by Gasteiger charge is -2.25. The van der Waals surface area contributed by atoms with Crippen LogP contribution in [0.15, 0.2) is 54.6 Å². The van der Waals surface area contributed by atoms with E-state index in [0.717, 1.165) is 5.56 Å². The molecule has 2 aromatic rings. The summed E-state index contributed by atoms with van der Waals surface area (Å²) < 4.78 is 0. The molecule has 134 valence electrons. The number of hydrogen-bond donors (Lipinski definition) is 1. The van der Waals surface area contributed by atoms with E-state index in [2.05, 4.69) is 5.32 Å². The van der Waals surface area contributed by atoms with Crippen LogP contribution in [0.3, 0.4) is 0 Å². The standard InChI is InChI=1S/C20H20N2O4/c1-13(14-5-3-2-4-6-14)22-12-16(11-18(22)23)19(24)21-17-9-7-15(8-10-17)20(25)26/h2-10,13,16H,11-12H2,1H3,(H,21,24)(H,25,26)/p-1/t13-,16-/m0/s1. The molecule has 0 radical (unpaired) electrons. The summed E-state index contributed by atoms with van der Waals surface area (Å²) in [5.74, 6) is -2.00. The van der Waals surface area contributed by atoms with Crippen LogP contribution in [0.25, 0.3) is 0 Å². The maximum atomic E-state index is 12.5. The number of carbonyl (C=O) groups excluding carboxylic acids is 3. The molecule has 6 nitrogen and oxygen atoms in total. The van der Waals surface area contributed by atoms with Gasteiger partial charge in [-0.05, 0) is 30.2 Å². The van der Waals surface area contributed by atoms with Gasteiger partial charge in [-0.25, -0.2) is 0 Å². The Morgan fingerprint density at radius 1 is 1.12 bits per heavy atom. The third-order valence-electron chi connectivity index (χ3n) is 4.67. The number of carboxylic acid groups (broad SMARTS) is 1. The van der Waals surface area contributed by atoms with Gasteiger partial charge in [0, 0.05) is 18.7 Å². The van der Waals surface area contributed by atoms with Gasteiger partial charge >= 0.3 is 0 Å². The predicted octanol–water partition coefficient (Wildman–Crippen LogP) is 1.60. The molecule has 26 heavy (non-hydrogen) atoms. The zero-order valence-corrected chi connectivity index (χ0v) is 14.3. The lowest BCUT2D eigenvalue weighted by atomic mass is 10.1. The molecule has 3 rings (SSSR count). The Morgan fingerprint density at radius 3 is 2.38 bits per heavy atom. The van der Waals surface area contributed by atoms with Crippen LogP contribution in [0.4, 0.5) is 5.69 Å². The fourth-order valence-electron chi connectivity index (χ4n) is 3.13. The van der Waals surface area contributed by atoms with Crippen molar-refractivity contribution in [2.75, 3.05) is 11.9 Å². The fourth-order valence-corrected chi connectivity index (χ4v) is 3.13. The van der Waals surface area contributed by atoms with Gasteiger partial charge in [-0.15, -0.1) is 0 Å². The molecule has 2 amide bonds. The molecule has 0 saturated carbocycles. The van der Waals surface area contributed by atoms with Crippen molar-refractivity contribution in [3.8, 4) is 0 Å². The average Bonchev–Trinajstić information content (AvgIpc) is 3.04. The van der Waals surface area contributed by atoms with Gasteiger partial charge in [0.1, 0.15) is 0 Å². The number of rotatable bonds is 5. The molecule has 0 aromatic heterocycles. The average molecular weight is 351 g/mol. The van der Waals surface area contributed by atoms with Gasteiger partial charge in [0.2, 0.25) is 11.8 Å². The minimum absolute atomic E-state index is 0.0434. The number of likely N-dealkylation sites (tertiary alicyclic amines) is 1. The van der Waals surface area contributed by atoms with Crippen LogP contribution in [-0.2, 0) is 9.59 Å². The highest BCUT2D eigenvalue weighted by Crippen LogP contribution is 2.29. The van der Waals surface area contributed by atoms with E-state index in [4.69, 9.17) is 0 Å². The molecule has 2 atom stereocenters. The first-order valence-electron chi connectivity index (χ1n) is 8.42. The molecule has 1 N–H and O–H groups in total. The smallest absolute Gasteiger partial charge is 0.229 e. The quantitative estimate of drug-likeness (QED) is 0.886. The summed E-state index contributed by atoms with van der Waals surface area (Å²) in [6.07, 6.45) is 0.167. The van der Waals surface area contributed by atoms with E-state index in [0.29, 0.717) is 12.2 Å². The summed E-state index contributed by atoms with van der Waals surface area (Å²) in [4.78, 5) is 37.3. The number of carbonyl (C=O) groups is 3.